The first kappa shape index (κ1) is 17.9. The molecule has 1 aromatic heterocycles. The number of ether oxygens (including phenoxy) is 1. The Morgan fingerprint density at radius 3 is 2.96 bits per heavy atom. The summed E-state index contributed by atoms with van der Waals surface area (Å²) in [5.74, 6) is 0.771. The molecule has 1 aromatic carbocycles. The maximum absolute atomic E-state index is 12.4. The summed E-state index contributed by atoms with van der Waals surface area (Å²) in [4.78, 5) is 19.8. The van der Waals surface area contributed by atoms with E-state index >= 15 is 0 Å². The molecule has 2 aliphatic rings. The molecule has 0 radical (unpaired) electrons. The van der Waals surface area contributed by atoms with Crippen molar-refractivity contribution in [3.8, 4) is 0 Å². The number of hydrogen-bond acceptors (Lipinski definition) is 6. The molecule has 0 spiro atoms. The molecule has 0 saturated carbocycles. The fourth-order valence-corrected chi connectivity index (χ4v) is 4.86. The Kier molecular flexibility index (Phi) is 5.05. The summed E-state index contributed by atoms with van der Waals surface area (Å²) in [5.41, 5.74) is 1.80. The monoisotopic (exact) mass is 397 g/mol. The van der Waals surface area contributed by atoms with E-state index in [-0.39, 0.29) is 11.4 Å². The van der Waals surface area contributed by atoms with Crippen molar-refractivity contribution < 1.29 is 9.53 Å². The number of anilines is 1. The molecule has 1 saturated heterocycles. The van der Waals surface area contributed by atoms with Crippen LogP contribution < -0.4 is 10.2 Å². The van der Waals surface area contributed by atoms with Crippen LogP contribution in [0.3, 0.4) is 0 Å². The van der Waals surface area contributed by atoms with E-state index in [1.807, 2.05) is 54.5 Å². The third kappa shape index (κ3) is 3.79. The number of nitrogens with one attached hydrogen (secondary N) is 1. The highest BCUT2D eigenvalue weighted by Crippen LogP contribution is 2.35. The Labute approximate surface area is 166 Å². The molecular formula is C20H19N3O2S2. The fraction of sp³-hybridized carbons (Fsp3) is 0.200. The Bertz CT molecular complexity index is 971. The Morgan fingerprint density at radius 1 is 1.30 bits per heavy atom. The van der Waals surface area contributed by atoms with Crippen LogP contribution in [0.2, 0.25) is 0 Å². The van der Waals surface area contributed by atoms with Crippen LogP contribution in [0.1, 0.15) is 6.42 Å². The number of allylic oxidation sites excluding steroid dienone is 6. The van der Waals surface area contributed by atoms with Gasteiger partial charge in [-0.05, 0) is 42.4 Å². The first-order valence-electron chi connectivity index (χ1n) is 8.54. The quantitative estimate of drug-likeness (QED) is 0.785. The van der Waals surface area contributed by atoms with Crippen molar-refractivity contribution >= 4 is 44.4 Å². The summed E-state index contributed by atoms with van der Waals surface area (Å²) in [6, 6.07) is 8.05. The van der Waals surface area contributed by atoms with Gasteiger partial charge in [0.05, 0.1) is 22.2 Å². The van der Waals surface area contributed by atoms with Gasteiger partial charge in [0.25, 0.3) is 5.91 Å². The van der Waals surface area contributed by atoms with Crippen molar-refractivity contribution in [2.24, 2.45) is 0 Å². The van der Waals surface area contributed by atoms with Crippen molar-refractivity contribution in [1.29, 1.82) is 0 Å². The van der Waals surface area contributed by atoms with Crippen molar-refractivity contribution in [2.75, 3.05) is 19.1 Å². The van der Waals surface area contributed by atoms with E-state index in [1.165, 1.54) is 11.8 Å². The minimum absolute atomic E-state index is 0.0589. The molecule has 2 heterocycles. The van der Waals surface area contributed by atoms with Gasteiger partial charge in [-0.2, -0.15) is 0 Å². The summed E-state index contributed by atoms with van der Waals surface area (Å²) in [7, 11) is 3.61. The number of rotatable bonds is 4. The van der Waals surface area contributed by atoms with E-state index in [4.69, 9.17) is 4.74 Å². The summed E-state index contributed by atoms with van der Waals surface area (Å²) >= 11 is 3.13. The van der Waals surface area contributed by atoms with E-state index < -0.39 is 0 Å². The van der Waals surface area contributed by atoms with Crippen molar-refractivity contribution in [3.05, 3.63) is 70.9 Å². The van der Waals surface area contributed by atoms with Gasteiger partial charge in [-0.15, -0.1) is 0 Å². The van der Waals surface area contributed by atoms with Crippen LogP contribution in [0.25, 0.3) is 10.2 Å². The summed E-state index contributed by atoms with van der Waals surface area (Å²) in [6.45, 7) is 0. The Hall–Kier alpha value is -2.51. The van der Waals surface area contributed by atoms with Gasteiger partial charge in [0.1, 0.15) is 5.76 Å². The van der Waals surface area contributed by atoms with Crippen LogP contribution in [-0.4, -0.2) is 30.5 Å². The van der Waals surface area contributed by atoms with Gasteiger partial charge in [-0.1, -0.05) is 47.4 Å². The van der Waals surface area contributed by atoms with Gasteiger partial charge in [0.15, 0.2) is 10.6 Å². The highest BCUT2D eigenvalue weighted by Gasteiger charge is 2.31. The number of fused-ring (bicyclic) bond motifs is 1. The number of amides is 1. The van der Waals surface area contributed by atoms with Crippen molar-refractivity contribution in [2.45, 2.75) is 11.9 Å². The van der Waals surface area contributed by atoms with Crippen LogP contribution in [0, 0.1) is 0 Å². The largest absolute Gasteiger partial charge is 0.497 e. The molecule has 7 heteroatoms. The van der Waals surface area contributed by atoms with E-state index in [0.29, 0.717) is 4.91 Å². The smallest absolute Gasteiger partial charge is 0.260 e. The van der Waals surface area contributed by atoms with Gasteiger partial charge in [0.2, 0.25) is 0 Å². The lowest BCUT2D eigenvalue weighted by atomic mass is 10.2. The zero-order chi connectivity index (χ0) is 18.8. The van der Waals surface area contributed by atoms with Gasteiger partial charge in [-0.25, -0.2) is 4.98 Å². The van der Waals surface area contributed by atoms with Crippen molar-refractivity contribution in [1.82, 2.24) is 10.3 Å². The lowest BCUT2D eigenvalue weighted by molar-refractivity contribution is -0.116. The molecule has 4 rings (SSSR count). The number of hydrogen-bond donors (Lipinski definition) is 1. The van der Waals surface area contributed by atoms with Crippen LogP contribution in [0.5, 0.6) is 0 Å². The zero-order valence-electron chi connectivity index (χ0n) is 15.0. The molecule has 1 atom stereocenters. The maximum atomic E-state index is 12.4. The third-order valence-corrected chi connectivity index (χ3v) is 6.64. The van der Waals surface area contributed by atoms with Crippen LogP contribution in [0.4, 0.5) is 5.13 Å². The first-order chi connectivity index (χ1) is 13.1. The molecule has 0 bridgehead atoms. The SMILES string of the molecule is COC1=CCC=C(/C=C2/S[C@@H](N(C)c3nc4ccccc4s3)NC2=O)C=C1. The molecule has 5 nitrogen and oxygen atoms in total. The number of benzene rings is 1. The second-order valence-electron chi connectivity index (χ2n) is 6.11. The predicted molar refractivity (Wildman–Crippen MR) is 113 cm³/mol. The van der Waals surface area contributed by atoms with Gasteiger partial charge in [0, 0.05) is 7.05 Å². The Balaban J connectivity index is 1.51. The molecule has 1 amide bonds. The molecular weight excluding hydrogens is 378 g/mol. The number of thioether (sulfide) groups is 1. The minimum Gasteiger partial charge on any atom is -0.497 e. The van der Waals surface area contributed by atoms with Gasteiger partial charge >= 0.3 is 0 Å². The number of thiazole rings is 1. The van der Waals surface area contributed by atoms with Crippen LogP contribution >= 0.6 is 23.1 Å². The molecule has 1 aliphatic heterocycles. The Morgan fingerprint density at radius 2 is 2.15 bits per heavy atom. The summed E-state index contributed by atoms with van der Waals surface area (Å²) < 4.78 is 6.39. The molecule has 1 fully saturated rings. The molecule has 138 valence electrons. The molecule has 0 unspecified atom stereocenters. The van der Waals surface area contributed by atoms with E-state index in [0.717, 1.165) is 33.1 Å². The highest BCUT2D eigenvalue weighted by atomic mass is 32.2. The van der Waals surface area contributed by atoms with Crippen LogP contribution in [-0.2, 0) is 9.53 Å². The number of carbonyl (C=O) groups excluding carboxylic acids is 1. The minimum atomic E-state index is -0.174. The zero-order valence-corrected chi connectivity index (χ0v) is 16.6. The molecule has 27 heavy (non-hydrogen) atoms. The predicted octanol–water partition coefficient (Wildman–Crippen LogP) is 4.18. The maximum Gasteiger partial charge on any atom is 0.260 e. The van der Waals surface area contributed by atoms with Gasteiger partial charge < -0.3 is 15.0 Å². The molecule has 1 aliphatic carbocycles. The summed E-state index contributed by atoms with van der Waals surface area (Å²) in [6.07, 6.45) is 10.7. The molecule has 1 N–H and O–H groups in total. The standard InChI is InChI=1S/C20H19N3O2S2/c1-23(19-21-15-8-3-4-9-16(15)26-19)20-22-18(24)17(27-20)12-13-6-5-7-14(25-2)11-10-13/h3-4,6-12,20H,5H2,1-2H3,(H,22,24)/b17-12+/t20-/m1/s1. The average Bonchev–Trinajstić information content (AvgIpc) is 3.19. The van der Waals surface area contributed by atoms with E-state index in [2.05, 4.69) is 22.4 Å². The third-order valence-electron chi connectivity index (χ3n) is 4.30. The summed E-state index contributed by atoms with van der Waals surface area (Å²) in [5, 5.41) is 3.92. The number of aromatic nitrogens is 1. The number of carbonyl (C=O) groups is 1. The van der Waals surface area contributed by atoms with Gasteiger partial charge in [-0.3, -0.25) is 4.79 Å². The second kappa shape index (κ2) is 7.62. The lowest BCUT2D eigenvalue weighted by Crippen LogP contribution is -2.39. The number of methoxy groups -OCH3 is 1. The fourth-order valence-electron chi connectivity index (χ4n) is 2.81. The average molecular weight is 398 g/mol. The molecule has 2 aromatic rings. The lowest BCUT2D eigenvalue weighted by Gasteiger charge is -2.21. The number of nitrogens with zero attached hydrogens (tertiary/aromatic N) is 2. The van der Waals surface area contributed by atoms with Crippen LogP contribution in [0.15, 0.2) is 70.9 Å². The first-order valence-corrected chi connectivity index (χ1v) is 10.2. The topological polar surface area (TPSA) is 54.5 Å². The second-order valence-corrected chi connectivity index (χ2v) is 8.24. The van der Waals surface area contributed by atoms with Crippen molar-refractivity contribution in [3.63, 3.8) is 0 Å². The number of para-hydroxylation sites is 1. The normalized spacial score (nSPS) is 21.0. The van der Waals surface area contributed by atoms with E-state index in [9.17, 15) is 4.79 Å². The van der Waals surface area contributed by atoms with E-state index in [1.54, 1.807) is 18.4 Å². The highest BCUT2D eigenvalue weighted by molar-refractivity contribution is 8.05.